The van der Waals surface area contributed by atoms with Crippen molar-refractivity contribution in [1.82, 2.24) is 0 Å². The highest BCUT2D eigenvalue weighted by Gasteiger charge is 2.37. The minimum Gasteiger partial charge on any atom is -0.120 e. The van der Waals surface area contributed by atoms with Crippen LogP contribution in [0.5, 0.6) is 0 Å². The maximum Gasteiger partial charge on any atom is -0.00297 e. The predicted molar refractivity (Wildman–Crippen MR) is 225 cm³/mol. The zero-order chi connectivity index (χ0) is 37.8. The summed E-state index contributed by atoms with van der Waals surface area (Å²) in [6, 6.07) is 30.0. The average Bonchev–Trinajstić information content (AvgIpc) is 3.12. The average molecular weight is 657 g/mol. The molecule has 0 amide bonds. The normalized spacial score (nSPS) is 16.7. The molecule has 1 aliphatic carbocycles. The molecule has 0 aromatic heterocycles. The predicted octanol–water partition coefficient (Wildman–Crippen LogP) is 15.7. The minimum absolute atomic E-state index is 0.410. The number of benzene rings is 3. The van der Waals surface area contributed by atoms with Crippen LogP contribution in [0.3, 0.4) is 0 Å². The highest BCUT2D eigenvalue weighted by molar-refractivity contribution is 5.26. The Hall–Kier alpha value is -3.04. The molecule has 0 heterocycles. The van der Waals surface area contributed by atoms with E-state index < -0.39 is 0 Å². The van der Waals surface area contributed by atoms with Crippen LogP contribution in [0, 0.1) is 43.9 Å². The monoisotopic (exact) mass is 657 g/mol. The lowest BCUT2D eigenvalue weighted by Gasteiger charge is -2.42. The van der Waals surface area contributed by atoms with E-state index in [4.69, 9.17) is 0 Å². The fourth-order valence-electron chi connectivity index (χ4n) is 5.51. The van der Waals surface area contributed by atoms with Crippen LogP contribution in [-0.2, 0) is 11.8 Å². The summed E-state index contributed by atoms with van der Waals surface area (Å²) in [5, 5.41) is 0. The lowest BCUT2D eigenvalue weighted by Crippen LogP contribution is -2.35. The van der Waals surface area contributed by atoms with Crippen LogP contribution in [0.1, 0.15) is 150 Å². The maximum absolute atomic E-state index is 4.60. The number of terminal acetylenes is 1. The molecule has 1 fully saturated rings. The summed E-state index contributed by atoms with van der Waals surface area (Å²) in [7, 11) is 0. The van der Waals surface area contributed by atoms with Gasteiger partial charge in [-0.3, -0.25) is 0 Å². The van der Waals surface area contributed by atoms with E-state index in [9.17, 15) is 0 Å². The molecule has 4 rings (SSSR count). The quantitative estimate of drug-likeness (QED) is 0.183. The van der Waals surface area contributed by atoms with E-state index >= 15 is 0 Å². The highest BCUT2D eigenvalue weighted by atomic mass is 14.4. The van der Waals surface area contributed by atoms with Gasteiger partial charge in [0.15, 0.2) is 0 Å². The fourth-order valence-corrected chi connectivity index (χ4v) is 5.51. The van der Waals surface area contributed by atoms with Gasteiger partial charge in [-0.05, 0) is 80.8 Å². The third kappa shape index (κ3) is 27.0. The molecule has 3 aromatic carbocycles. The molecule has 3 atom stereocenters. The van der Waals surface area contributed by atoms with E-state index in [1.807, 2.05) is 45.9 Å². The van der Waals surface area contributed by atoms with Crippen molar-refractivity contribution in [3.63, 3.8) is 0 Å². The van der Waals surface area contributed by atoms with Crippen LogP contribution in [0.25, 0.3) is 0 Å². The first-order valence-corrected chi connectivity index (χ1v) is 19.1. The third-order valence-electron chi connectivity index (χ3n) is 8.47. The second-order valence-electron chi connectivity index (χ2n) is 12.5. The Kier molecular flexibility index (Phi) is 39.7. The summed E-state index contributed by atoms with van der Waals surface area (Å²) in [6.45, 7) is 36.1. The molecule has 1 saturated carbocycles. The Morgan fingerprint density at radius 1 is 0.750 bits per heavy atom. The number of aryl methyl sites for hydroxylation is 3. The first kappa shape index (κ1) is 51.8. The summed E-state index contributed by atoms with van der Waals surface area (Å²) < 4.78 is 0. The molecule has 0 heteroatoms. The molecule has 0 N–H and O–H groups in total. The lowest BCUT2D eigenvalue weighted by atomic mass is 9.62. The smallest absolute Gasteiger partial charge is 0.00297 e. The Labute approximate surface area is 303 Å². The second kappa shape index (κ2) is 36.8. The van der Waals surface area contributed by atoms with Crippen LogP contribution in [0.15, 0.2) is 98.1 Å². The third-order valence-corrected chi connectivity index (χ3v) is 8.47. The Morgan fingerprint density at radius 2 is 1.15 bits per heavy atom. The van der Waals surface area contributed by atoms with Crippen LogP contribution >= 0.6 is 0 Å². The first-order chi connectivity index (χ1) is 23.1. The molecule has 0 radical (unpaired) electrons. The van der Waals surface area contributed by atoms with Crippen LogP contribution < -0.4 is 0 Å². The van der Waals surface area contributed by atoms with E-state index in [0.717, 1.165) is 24.2 Å². The fraction of sp³-hybridized carbons (Fsp3) is 0.542. The second-order valence-corrected chi connectivity index (χ2v) is 12.5. The van der Waals surface area contributed by atoms with E-state index in [1.165, 1.54) is 67.2 Å². The van der Waals surface area contributed by atoms with Crippen LogP contribution in [0.2, 0.25) is 0 Å². The summed E-state index contributed by atoms with van der Waals surface area (Å²) in [4.78, 5) is 0. The van der Waals surface area contributed by atoms with Crippen molar-refractivity contribution in [3.8, 4) is 12.3 Å². The van der Waals surface area contributed by atoms with Crippen molar-refractivity contribution >= 4 is 0 Å². The maximum atomic E-state index is 4.60. The molecule has 3 aromatic rings. The van der Waals surface area contributed by atoms with Gasteiger partial charge in [0.1, 0.15) is 0 Å². The van der Waals surface area contributed by atoms with Gasteiger partial charge in [-0.2, -0.15) is 0 Å². The molecule has 0 aliphatic heterocycles. The Bertz CT molecular complexity index is 1050. The van der Waals surface area contributed by atoms with Crippen molar-refractivity contribution < 1.29 is 0 Å². The van der Waals surface area contributed by atoms with Gasteiger partial charge in [-0.25, -0.2) is 0 Å². The van der Waals surface area contributed by atoms with Gasteiger partial charge in [0.2, 0.25) is 0 Å². The van der Waals surface area contributed by atoms with Crippen molar-refractivity contribution in [2.24, 2.45) is 17.8 Å². The van der Waals surface area contributed by atoms with Gasteiger partial charge in [0.25, 0.3) is 0 Å². The van der Waals surface area contributed by atoms with E-state index in [1.54, 1.807) is 6.92 Å². The van der Waals surface area contributed by atoms with Gasteiger partial charge < -0.3 is 0 Å². The molecule has 1 aliphatic rings. The molecule has 0 nitrogen and oxygen atoms in total. The number of rotatable bonds is 6. The standard InChI is InChI=1S/C15H22.C9H12.C8H18.C7H8.C3H4.2C2H6.C2H4/c1-12-9-10-15(3,13(2)11-12)14-7-5-4-6-8-14;1-3-9-6-4-8(2)5-7-9;1-4-6-8(3)7-5-2;1-7-5-3-2-4-6-7;1-3-2;3*1-2/h4-8,12-13H,9-11H2,1-3H3;4-7H,3H2,1-2H3;8H,4-7H2,1-3H3;2-6H,1H3;1H,2H3;2*1-2H3;1-2H2. The topological polar surface area (TPSA) is 0 Å². The van der Waals surface area contributed by atoms with Gasteiger partial charge >= 0.3 is 0 Å². The van der Waals surface area contributed by atoms with Crippen molar-refractivity contribution in [3.05, 3.63) is 120 Å². The van der Waals surface area contributed by atoms with Gasteiger partial charge in [0.05, 0.1) is 0 Å². The van der Waals surface area contributed by atoms with Gasteiger partial charge in [0, 0.05) is 0 Å². The summed E-state index contributed by atoms with van der Waals surface area (Å²) in [5.41, 5.74) is 6.02. The zero-order valence-electron chi connectivity index (χ0n) is 34.5. The van der Waals surface area contributed by atoms with Gasteiger partial charge in [-0.1, -0.05) is 198 Å². The molecule has 0 bridgehead atoms. The molecule has 0 spiro atoms. The number of hydrogen-bond donors (Lipinski definition) is 0. The zero-order valence-corrected chi connectivity index (χ0v) is 34.5. The van der Waals surface area contributed by atoms with E-state index in [2.05, 4.69) is 155 Å². The Balaban J connectivity index is -0.000000258. The van der Waals surface area contributed by atoms with E-state index in [0.29, 0.717) is 5.41 Å². The Morgan fingerprint density at radius 3 is 1.48 bits per heavy atom. The van der Waals surface area contributed by atoms with Crippen molar-refractivity contribution in [2.45, 2.75) is 154 Å². The van der Waals surface area contributed by atoms with E-state index in [-0.39, 0.29) is 0 Å². The molecule has 0 saturated heterocycles. The SMILES string of the molecule is C#CC.C=C.CC.CC.CC1CCC(C)(c2ccccc2)C(C)C1.CCCC(C)CCC.CCc1ccc(C)cc1.Cc1ccccc1. The van der Waals surface area contributed by atoms with Crippen molar-refractivity contribution in [2.75, 3.05) is 0 Å². The summed E-state index contributed by atoms with van der Waals surface area (Å²) in [6.07, 6.45) is 15.4. The van der Waals surface area contributed by atoms with Crippen molar-refractivity contribution in [1.29, 1.82) is 0 Å². The summed E-state index contributed by atoms with van der Waals surface area (Å²) in [5.74, 6) is 4.94. The summed E-state index contributed by atoms with van der Waals surface area (Å²) >= 11 is 0. The first-order valence-electron chi connectivity index (χ1n) is 19.1. The number of hydrogen-bond acceptors (Lipinski definition) is 0. The van der Waals surface area contributed by atoms with Gasteiger partial charge in [-0.15, -0.1) is 25.5 Å². The molecular formula is C48H80. The largest absolute Gasteiger partial charge is 0.120 e. The molecule has 3 unspecified atom stereocenters. The molecule has 272 valence electrons. The minimum atomic E-state index is 0.410. The highest BCUT2D eigenvalue weighted by Crippen LogP contribution is 2.45. The van der Waals surface area contributed by atoms with Crippen LogP contribution in [-0.4, -0.2) is 0 Å². The molecular weight excluding hydrogens is 577 g/mol. The lowest BCUT2D eigenvalue weighted by molar-refractivity contribution is 0.176. The van der Waals surface area contributed by atoms with Crippen LogP contribution in [0.4, 0.5) is 0 Å². The molecule has 48 heavy (non-hydrogen) atoms.